The molecule has 11 heteroatoms. The number of carbonyl (C=O) groups is 2. The molecule has 2 aromatic carbocycles. The summed E-state index contributed by atoms with van der Waals surface area (Å²) in [6.45, 7) is 2.33. The van der Waals surface area contributed by atoms with Gasteiger partial charge in [0.15, 0.2) is 0 Å². The molecule has 3 atom stereocenters. The Balaban J connectivity index is 0.000000479. The minimum absolute atomic E-state index is 0.101. The van der Waals surface area contributed by atoms with Crippen LogP contribution in [0.4, 0.5) is 26.3 Å². The van der Waals surface area contributed by atoms with Crippen LogP contribution in [-0.4, -0.2) is 53.4 Å². The predicted octanol–water partition coefficient (Wildman–Crippen LogP) is 4.27. The summed E-state index contributed by atoms with van der Waals surface area (Å²) in [6, 6.07) is 9.64. The third kappa shape index (κ3) is 7.21. The average Bonchev–Trinajstić information content (AvgIpc) is 3.17. The summed E-state index contributed by atoms with van der Waals surface area (Å²) >= 11 is 0. The minimum Gasteiger partial charge on any atom is -0.475 e. The van der Waals surface area contributed by atoms with Crippen molar-refractivity contribution in [3.8, 4) is 11.1 Å². The lowest BCUT2D eigenvalue weighted by Gasteiger charge is -2.25. The Morgan fingerprint density at radius 3 is 2.00 bits per heavy atom. The van der Waals surface area contributed by atoms with Gasteiger partial charge in [-0.15, -0.1) is 0 Å². The van der Waals surface area contributed by atoms with Crippen LogP contribution in [0.2, 0.25) is 0 Å². The summed E-state index contributed by atoms with van der Waals surface area (Å²) in [4.78, 5) is 22.8. The molecule has 33 heavy (non-hydrogen) atoms. The molecule has 0 spiro atoms. The maximum atomic E-state index is 13.4. The van der Waals surface area contributed by atoms with Gasteiger partial charge >= 0.3 is 12.1 Å². The van der Waals surface area contributed by atoms with Crippen molar-refractivity contribution < 1.29 is 41.0 Å². The van der Waals surface area contributed by atoms with Crippen LogP contribution in [0.25, 0.3) is 11.1 Å². The van der Waals surface area contributed by atoms with E-state index < -0.39 is 36.0 Å². The zero-order chi connectivity index (χ0) is 24.9. The SMILES string of the molecule is C[C@@H](c1ccc(-c2cc(F)cc(F)c2)cc1)[C@H](N)C(=O)N1CC[C@H](F)C1.O=C(O)C(F)(F)F. The number of hydrogen-bond donors (Lipinski definition) is 2. The lowest BCUT2D eigenvalue weighted by atomic mass is 9.91. The molecule has 3 N–H and O–H groups in total. The van der Waals surface area contributed by atoms with E-state index in [9.17, 15) is 31.1 Å². The van der Waals surface area contributed by atoms with E-state index in [4.69, 9.17) is 15.6 Å². The molecule has 0 aromatic heterocycles. The molecule has 3 rings (SSSR count). The van der Waals surface area contributed by atoms with Gasteiger partial charge in [0.05, 0.1) is 12.6 Å². The topological polar surface area (TPSA) is 83.6 Å². The molecule has 1 amide bonds. The first-order valence-corrected chi connectivity index (χ1v) is 9.84. The molecule has 0 unspecified atom stereocenters. The van der Waals surface area contributed by atoms with E-state index in [-0.39, 0.29) is 18.4 Å². The molecule has 0 saturated carbocycles. The van der Waals surface area contributed by atoms with E-state index >= 15 is 0 Å². The molecule has 1 aliphatic rings. The average molecular weight is 476 g/mol. The fourth-order valence-corrected chi connectivity index (χ4v) is 3.25. The van der Waals surface area contributed by atoms with Crippen molar-refractivity contribution in [1.82, 2.24) is 4.90 Å². The smallest absolute Gasteiger partial charge is 0.475 e. The largest absolute Gasteiger partial charge is 0.490 e. The number of rotatable bonds is 4. The van der Waals surface area contributed by atoms with Crippen LogP contribution in [0.15, 0.2) is 42.5 Å². The minimum atomic E-state index is -5.08. The summed E-state index contributed by atoms with van der Waals surface area (Å²) in [7, 11) is 0. The van der Waals surface area contributed by atoms with E-state index in [1.807, 2.05) is 6.92 Å². The highest BCUT2D eigenvalue weighted by atomic mass is 19.4. The number of amides is 1. The van der Waals surface area contributed by atoms with Gasteiger partial charge in [0.1, 0.15) is 17.8 Å². The van der Waals surface area contributed by atoms with Crippen LogP contribution in [0.1, 0.15) is 24.8 Å². The van der Waals surface area contributed by atoms with Crippen molar-refractivity contribution in [2.24, 2.45) is 5.73 Å². The molecule has 180 valence electrons. The zero-order valence-electron chi connectivity index (χ0n) is 17.5. The van der Waals surface area contributed by atoms with Gasteiger partial charge < -0.3 is 15.7 Å². The summed E-state index contributed by atoms with van der Waals surface area (Å²) in [5, 5.41) is 7.12. The molecule has 2 aromatic rings. The highest BCUT2D eigenvalue weighted by Crippen LogP contribution is 2.26. The van der Waals surface area contributed by atoms with Gasteiger partial charge in [-0.1, -0.05) is 31.2 Å². The molecule has 0 bridgehead atoms. The van der Waals surface area contributed by atoms with E-state index in [1.54, 1.807) is 24.3 Å². The quantitative estimate of drug-likeness (QED) is 0.646. The summed E-state index contributed by atoms with van der Waals surface area (Å²) < 4.78 is 71.8. The van der Waals surface area contributed by atoms with Crippen LogP contribution >= 0.6 is 0 Å². The molecule has 0 radical (unpaired) electrons. The summed E-state index contributed by atoms with van der Waals surface area (Å²) in [6.07, 6.45) is -5.71. The van der Waals surface area contributed by atoms with Crippen LogP contribution in [0.3, 0.4) is 0 Å². The number of carbonyl (C=O) groups excluding carboxylic acids is 1. The Kier molecular flexibility index (Phi) is 8.48. The Morgan fingerprint density at radius 2 is 1.58 bits per heavy atom. The van der Waals surface area contributed by atoms with E-state index in [2.05, 4.69) is 0 Å². The van der Waals surface area contributed by atoms with Crippen molar-refractivity contribution in [2.75, 3.05) is 13.1 Å². The lowest BCUT2D eigenvalue weighted by molar-refractivity contribution is -0.192. The van der Waals surface area contributed by atoms with Gasteiger partial charge in [-0.25, -0.2) is 18.0 Å². The summed E-state index contributed by atoms with van der Waals surface area (Å²) in [5.74, 6) is -4.55. The first-order valence-electron chi connectivity index (χ1n) is 9.84. The second kappa shape index (κ2) is 10.7. The van der Waals surface area contributed by atoms with Crippen molar-refractivity contribution in [1.29, 1.82) is 0 Å². The van der Waals surface area contributed by atoms with E-state index in [1.165, 1.54) is 17.0 Å². The fraction of sp³-hybridized carbons (Fsp3) is 0.364. The molecular weight excluding hydrogens is 454 g/mol. The van der Waals surface area contributed by atoms with Crippen LogP contribution < -0.4 is 5.73 Å². The molecule has 1 heterocycles. The molecule has 1 saturated heterocycles. The Hall–Kier alpha value is -3.08. The first-order chi connectivity index (χ1) is 15.3. The number of halogens is 6. The third-order valence-corrected chi connectivity index (χ3v) is 5.14. The third-order valence-electron chi connectivity index (χ3n) is 5.14. The number of likely N-dealkylation sites (tertiary alicyclic amines) is 1. The number of alkyl halides is 4. The maximum absolute atomic E-state index is 13.4. The zero-order valence-corrected chi connectivity index (χ0v) is 17.5. The van der Waals surface area contributed by atoms with Crippen LogP contribution in [0, 0.1) is 11.6 Å². The van der Waals surface area contributed by atoms with Gasteiger partial charge in [0, 0.05) is 18.5 Å². The fourth-order valence-electron chi connectivity index (χ4n) is 3.25. The van der Waals surface area contributed by atoms with E-state index in [0.29, 0.717) is 24.1 Å². The van der Waals surface area contributed by atoms with Crippen LogP contribution in [0.5, 0.6) is 0 Å². The second-order valence-electron chi connectivity index (χ2n) is 7.57. The molecule has 5 nitrogen and oxygen atoms in total. The molecular formula is C22H22F6N2O3. The number of nitrogens with two attached hydrogens (primary N) is 1. The van der Waals surface area contributed by atoms with Gasteiger partial charge in [0.2, 0.25) is 5.91 Å². The standard InChI is InChI=1S/C20H21F3N2O.C2HF3O2/c1-12(19(24)20(26)25-7-6-16(21)11-25)13-2-4-14(5-3-13)15-8-17(22)10-18(23)9-15;3-2(4,5)1(6)7/h2-5,8-10,12,16,19H,6-7,11,24H2,1H3;(H,6,7)/t12-,16-,19-;/m0./s1. The van der Waals surface area contributed by atoms with Crippen LogP contribution in [-0.2, 0) is 9.59 Å². The Labute approximate surface area is 185 Å². The lowest BCUT2D eigenvalue weighted by Crippen LogP contribution is -2.45. The van der Waals surface area contributed by atoms with Gasteiger partial charge in [-0.3, -0.25) is 4.79 Å². The number of aliphatic carboxylic acids is 1. The number of carboxylic acids is 1. The first kappa shape index (κ1) is 26.2. The monoisotopic (exact) mass is 476 g/mol. The van der Waals surface area contributed by atoms with Crippen molar-refractivity contribution in [2.45, 2.75) is 37.7 Å². The highest BCUT2D eigenvalue weighted by Gasteiger charge is 2.38. The number of nitrogens with zero attached hydrogens (tertiary/aromatic N) is 1. The Morgan fingerprint density at radius 1 is 1.06 bits per heavy atom. The number of benzene rings is 2. The van der Waals surface area contributed by atoms with Gasteiger partial charge in [-0.2, -0.15) is 13.2 Å². The molecule has 1 fully saturated rings. The van der Waals surface area contributed by atoms with Gasteiger partial charge in [-0.05, 0) is 35.2 Å². The van der Waals surface area contributed by atoms with Gasteiger partial charge in [0.25, 0.3) is 0 Å². The van der Waals surface area contributed by atoms with Crippen molar-refractivity contribution in [3.05, 3.63) is 59.7 Å². The highest BCUT2D eigenvalue weighted by molar-refractivity contribution is 5.83. The predicted molar refractivity (Wildman–Crippen MR) is 108 cm³/mol. The van der Waals surface area contributed by atoms with E-state index in [0.717, 1.165) is 11.6 Å². The summed E-state index contributed by atoms with van der Waals surface area (Å²) in [5.41, 5.74) is 8.03. The number of carboxylic acid groups (broad SMARTS) is 1. The molecule has 0 aliphatic carbocycles. The molecule has 1 aliphatic heterocycles. The normalized spacial score (nSPS) is 17.7. The number of hydrogen-bond acceptors (Lipinski definition) is 3. The van der Waals surface area contributed by atoms with Crippen molar-refractivity contribution in [3.63, 3.8) is 0 Å². The second-order valence-corrected chi connectivity index (χ2v) is 7.57. The van der Waals surface area contributed by atoms with Crippen molar-refractivity contribution >= 4 is 11.9 Å². The Bertz CT molecular complexity index is 961. The maximum Gasteiger partial charge on any atom is 0.490 e.